The topological polar surface area (TPSA) is 57.2 Å². The molecule has 0 radical (unpaired) electrons. The lowest BCUT2D eigenvalue weighted by Crippen LogP contribution is -1.98. The molecule has 5 heteroatoms. The number of hydrogen-bond acceptors (Lipinski definition) is 3. The van der Waals surface area contributed by atoms with Gasteiger partial charge in [0, 0.05) is 16.0 Å². The van der Waals surface area contributed by atoms with Gasteiger partial charge in [-0.15, -0.1) is 0 Å². The first kappa shape index (κ1) is 15.1. The Kier molecular flexibility index (Phi) is 4.52. The predicted molar refractivity (Wildman–Crippen MR) is 80.9 cm³/mol. The zero-order valence-electron chi connectivity index (χ0n) is 11.5. The fourth-order valence-corrected chi connectivity index (χ4v) is 3.56. The average molecular weight is 307 g/mol. The van der Waals surface area contributed by atoms with Crippen LogP contribution in [-0.2, 0) is 21.9 Å². The summed E-state index contributed by atoms with van der Waals surface area (Å²) in [5.74, 6) is 0. The molecule has 0 aliphatic heterocycles. The summed E-state index contributed by atoms with van der Waals surface area (Å²) in [6, 6.07) is 10.8. The Hall–Kier alpha value is -1.30. The molecular formula is C15H15O3S2-. The monoisotopic (exact) mass is 307 g/mol. The molecule has 0 amide bonds. The second-order valence-electron chi connectivity index (χ2n) is 4.69. The van der Waals surface area contributed by atoms with E-state index in [1.54, 1.807) is 18.4 Å². The van der Waals surface area contributed by atoms with Crippen molar-refractivity contribution in [2.75, 3.05) is 6.26 Å². The summed E-state index contributed by atoms with van der Waals surface area (Å²) in [5, 5.41) is 0. The molecule has 0 saturated carbocycles. The summed E-state index contributed by atoms with van der Waals surface area (Å²) < 4.78 is 34.7. The zero-order valence-corrected chi connectivity index (χ0v) is 13.1. The summed E-state index contributed by atoms with van der Waals surface area (Å²) in [5.41, 5.74) is 3.17. The van der Waals surface area contributed by atoms with Crippen LogP contribution in [0.3, 0.4) is 0 Å². The molecule has 0 N–H and O–H groups in total. The second kappa shape index (κ2) is 5.99. The highest BCUT2D eigenvalue weighted by molar-refractivity contribution is 7.84. The van der Waals surface area contributed by atoms with E-state index in [-0.39, 0.29) is 4.90 Å². The minimum atomic E-state index is -2.33. The van der Waals surface area contributed by atoms with E-state index < -0.39 is 21.9 Å². The minimum Gasteiger partial charge on any atom is -0.768 e. The van der Waals surface area contributed by atoms with E-state index >= 15 is 0 Å². The highest BCUT2D eigenvalue weighted by Gasteiger charge is 2.13. The maximum absolute atomic E-state index is 11.9. The highest BCUT2D eigenvalue weighted by Crippen LogP contribution is 2.31. The molecule has 0 heterocycles. The fourth-order valence-electron chi connectivity index (χ4n) is 2.08. The molecule has 106 valence electrons. The smallest absolute Gasteiger partial charge is 0.0504 e. The van der Waals surface area contributed by atoms with Crippen molar-refractivity contribution in [2.24, 2.45) is 0 Å². The van der Waals surface area contributed by atoms with Crippen LogP contribution >= 0.6 is 0 Å². The van der Waals surface area contributed by atoms with Gasteiger partial charge in [-0.25, -0.2) is 0 Å². The predicted octanol–water partition coefficient (Wildman–Crippen LogP) is 2.95. The first-order valence-electron chi connectivity index (χ1n) is 6.04. The molecule has 2 unspecified atom stereocenters. The van der Waals surface area contributed by atoms with Crippen LogP contribution in [0.15, 0.2) is 46.2 Å². The summed E-state index contributed by atoms with van der Waals surface area (Å²) in [6.07, 6.45) is 1.60. The molecule has 2 rings (SSSR count). The van der Waals surface area contributed by atoms with Crippen LogP contribution in [0.5, 0.6) is 0 Å². The molecule has 20 heavy (non-hydrogen) atoms. The van der Waals surface area contributed by atoms with Gasteiger partial charge < -0.3 is 4.55 Å². The first-order valence-corrected chi connectivity index (χ1v) is 8.68. The molecule has 0 bridgehead atoms. The van der Waals surface area contributed by atoms with Gasteiger partial charge in [0.05, 0.1) is 10.8 Å². The fraction of sp³-hybridized carbons (Fsp3) is 0.200. The van der Waals surface area contributed by atoms with E-state index in [2.05, 4.69) is 0 Å². The standard InChI is InChI=1S/C15H16O3S2/c1-10-4-6-12(14(8-10)19(3)16)13-7-5-11(2)9-15(13)20(17)18/h4-9H,1-3H3,(H,17,18)/p-1. The average Bonchev–Trinajstić information content (AvgIpc) is 2.38. The molecule has 0 aliphatic rings. The van der Waals surface area contributed by atoms with Gasteiger partial charge >= 0.3 is 0 Å². The van der Waals surface area contributed by atoms with Crippen molar-refractivity contribution in [3.8, 4) is 11.1 Å². The number of hydrogen-bond donors (Lipinski definition) is 0. The van der Waals surface area contributed by atoms with E-state index in [1.807, 2.05) is 38.1 Å². The van der Waals surface area contributed by atoms with E-state index in [0.29, 0.717) is 16.0 Å². The lowest BCUT2D eigenvalue weighted by atomic mass is 10.0. The third-order valence-corrected chi connectivity index (χ3v) is 4.71. The third kappa shape index (κ3) is 3.06. The molecule has 3 nitrogen and oxygen atoms in total. The Bertz CT molecular complexity index is 647. The number of benzene rings is 2. The third-order valence-electron chi connectivity index (χ3n) is 3.05. The van der Waals surface area contributed by atoms with Gasteiger partial charge in [-0.2, -0.15) is 0 Å². The molecule has 0 spiro atoms. The van der Waals surface area contributed by atoms with Crippen molar-refractivity contribution < 1.29 is 13.0 Å². The Morgan fingerprint density at radius 1 is 0.850 bits per heavy atom. The molecule has 0 saturated heterocycles. The van der Waals surface area contributed by atoms with Crippen LogP contribution in [0.25, 0.3) is 11.1 Å². The lowest BCUT2D eigenvalue weighted by molar-refractivity contribution is 0.537. The van der Waals surface area contributed by atoms with E-state index in [4.69, 9.17) is 0 Å². The van der Waals surface area contributed by atoms with E-state index in [9.17, 15) is 13.0 Å². The van der Waals surface area contributed by atoms with Gasteiger partial charge in [-0.05, 0) is 59.3 Å². The van der Waals surface area contributed by atoms with Crippen molar-refractivity contribution in [3.63, 3.8) is 0 Å². The Morgan fingerprint density at radius 3 is 1.75 bits per heavy atom. The zero-order chi connectivity index (χ0) is 14.9. The summed E-state index contributed by atoms with van der Waals surface area (Å²) in [4.78, 5) is 0.890. The van der Waals surface area contributed by atoms with Crippen molar-refractivity contribution >= 4 is 21.9 Å². The summed E-state index contributed by atoms with van der Waals surface area (Å²) in [7, 11) is -1.18. The maximum atomic E-state index is 11.9. The van der Waals surface area contributed by atoms with Crippen molar-refractivity contribution in [1.29, 1.82) is 0 Å². The van der Waals surface area contributed by atoms with Crippen molar-refractivity contribution in [3.05, 3.63) is 47.5 Å². The van der Waals surface area contributed by atoms with Crippen LogP contribution in [0, 0.1) is 13.8 Å². The van der Waals surface area contributed by atoms with Crippen molar-refractivity contribution in [2.45, 2.75) is 23.6 Å². The van der Waals surface area contributed by atoms with Crippen LogP contribution in [0.4, 0.5) is 0 Å². The largest absolute Gasteiger partial charge is 0.768 e. The van der Waals surface area contributed by atoms with Crippen LogP contribution < -0.4 is 0 Å². The van der Waals surface area contributed by atoms with Gasteiger partial charge in [0.15, 0.2) is 0 Å². The van der Waals surface area contributed by atoms with Crippen molar-refractivity contribution in [1.82, 2.24) is 0 Å². The van der Waals surface area contributed by atoms with E-state index in [0.717, 1.165) is 11.1 Å². The molecule has 0 fully saturated rings. The lowest BCUT2D eigenvalue weighted by Gasteiger charge is -2.15. The van der Waals surface area contributed by atoms with Gasteiger partial charge in [0.2, 0.25) is 0 Å². The Morgan fingerprint density at radius 2 is 1.30 bits per heavy atom. The van der Waals surface area contributed by atoms with Gasteiger partial charge in [0.1, 0.15) is 0 Å². The van der Waals surface area contributed by atoms with Gasteiger partial charge in [-0.1, -0.05) is 24.3 Å². The molecule has 0 aromatic heterocycles. The molecule has 2 aromatic carbocycles. The molecule has 2 aromatic rings. The molecule has 0 aliphatic carbocycles. The van der Waals surface area contributed by atoms with E-state index in [1.165, 1.54) is 0 Å². The molecule has 2 atom stereocenters. The number of aryl methyl sites for hydroxylation is 2. The first-order chi connectivity index (χ1) is 9.40. The number of rotatable bonds is 3. The summed E-state index contributed by atoms with van der Waals surface area (Å²) in [6.45, 7) is 3.76. The minimum absolute atomic E-state index is 0.237. The summed E-state index contributed by atoms with van der Waals surface area (Å²) >= 11 is -2.33. The van der Waals surface area contributed by atoms with Crippen LogP contribution in [0.2, 0.25) is 0 Å². The van der Waals surface area contributed by atoms with Crippen LogP contribution in [0.1, 0.15) is 11.1 Å². The normalized spacial score (nSPS) is 14.0. The van der Waals surface area contributed by atoms with Gasteiger partial charge in [-0.3, -0.25) is 8.42 Å². The maximum Gasteiger partial charge on any atom is 0.0504 e. The quantitative estimate of drug-likeness (QED) is 0.819. The van der Waals surface area contributed by atoms with Gasteiger partial charge in [0.25, 0.3) is 0 Å². The van der Waals surface area contributed by atoms with Crippen LogP contribution in [-0.4, -0.2) is 19.2 Å². The second-order valence-corrected chi connectivity index (χ2v) is 6.95. The molecular weight excluding hydrogens is 292 g/mol. The SMILES string of the molecule is Cc1ccc(-c2ccc(C)cc2S(=O)[O-])c(S(C)=O)c1. The Balaban J connectivity index is 2.75. The Labute approximate surface area is 123 Å². The highest BCUT2D eigenvalue weighted by atomic mass is 32.2.